The number of halogens is 1. The first kappa shape index (κ1) is 23.1. The lowest BCUT2D eigenvalue weighted by atomic mass is 9.94. The fourth-order valence-corrected chi connectivity index (χ4v) is 5.75. The van der Waals surface area contributed by atoms with Gasteiger partial charge in [-0.25, -0.2) is 9.37 Å². The van der Waals surface area contributed by atoms with Gasteiger partial charge in [-0.05, 0) is 54.3 Å². The molecule has 6 rings (SSSR count). The molecular formula is C27H31FN6O2. The molecule has 2 aliphatic heterocycles. The molecule has 1 fully saturated rings. The summed E-state index contributed by atoms with van der Waals surface area (Å²) in [5.74, 6) is -0.190. The predicted octanol–water partition coefficient (Wildman–Crippen LogP) is 3.45. The minimum atomic E-state index is -0.625. The monoisotopic (exact) mass is 490 g/mol. The Morgan fingerprint density at radius 2 is 2.08 bits per heavy atom. The number of aromatic nitrogens is 4. The van der Waals surface area contributed by atoms with Gasteiger partial charge in [0.2, 0.25) is 0 Å². The minimum absolute atomic E-state index is 0.204. The summed E-state index contributed by atoms with van der Waals surface area (Å²) < 4.78 is 14.1. The van der Waals surface area contributed by atoms with E-state index in [0.29, 0.717) is 18.5 Å². The van der Waals surface area contributed by atoms with Crippen LogP contribution in [0.4, 0.5) is 4.39 Å². The van der Waals surface area contributed by atoms with Gasteiger partial charge in [0.25, 0.3) is 0 Å². The summed E-state index contributed by atoms with van der Waals surface area (Å²) in [5.41, 5.74) is 6.38. The Kier molecular flexibility index (Phi) is 5.78. The molecule has 2 aromatic carbocycles. The first-order valence-electron chi connectivity index (χ1n) is 12.6. The van der Waals surface area contributed by atoms with Crippen molar-refractivity contribution in [1.82, 2.24) is 30.0 Å². The number of β-amino-alcohol motifs (C(OH)–C–C–N with tert-alkyl or cyclic N) is 1. The standard InChI is InChI=1S/C27H31FN6O2/c1-3-16-11-25(36)20(28)12-19(16)17-4-5-18-22(10-17)31-32-26(18)27-29-21-6-7-34(13-23(21)30-27)24-14-33(8-9-35)15(24)2/h4-5,10-12,15,24,35-36H,3,6-9,13-14H2,1-2H3,(H,29,30)(H,31,32). The Hall–Kier alpha value is -3.27. The topological polar surface area (TPSA) is 104 Å². The van der Waals surface area contributed by atoms with Crippen molar-refractivity contribution in [2.24, 2.45) is 0 Å². The number of hydrogen-bond donors (Lipinski definition) is 4. The van der Waals surface area contributed by atoms with E-state index in [1.54, 1.807) is 0 Å². The summed E-state index contributed by atoms with van der Waals surface area (Å²) in [7, 11) is 0. The van der Waals surface area contributed by atoms with Gasteiger partial charge in [-0.15, -0.1) is 0 Å². The average Bonchev–Trinajstić information content (AvgIpc) is 3.50. The van der Waals surface area contributed by atoms with E-state index >= 15 is 0 Å². The van der Waals surface area contributed by atoms with Gasteiger partial charge in [-0.1, -0.05) is 13.0 Å². The maximum Gasteiger partial charge on any atom is 0.165 e. The van der Waals surface area contributed by atoms with Gasteiger partial charge < -0.3 is 15.2 Å². The lowest BCUT2D eigenvalue weighted by Crippen LogP contribution is -2.66. The van der Waals surface area contributed by atoms with Crippen LogP contribution >= 0.6 is 0 Å². The summed E-state index contributed by atoms with van der Waals surface area (Å²) in [5, 5.41) is 27.6. The normalized spacial score (nSPS) is 20.6. The maximum atomic E-state index is 14.1. The number of nitrogens with one attached hydrogen (secondary N) is 2. The van der Waals surface area contributed by atoms with E-state index in [9.17, 15) is 14.6 Å². The lowest BCUT2D eigenvalue weighted by molar-refractivity contribution is -0.0340. The van der Waals surface area contributed by atoms with Crippen molar-refractivity contribution in [3.8, 4) is 28.4 Å². The minimum Gasteiger partial charge on any atom is -0.505 e. The van der Waals surface area contributed by atoms with Gasteiger partial charge in [0.15, 0.2) is 17.4 Å². The van der Waals surface area contributed by atoms with E-state index in [-0.39, 0.29) is 12.4 Å². The molecular weight excluding hydrogens is 459 g/mol. The molecule has 0 saturated carbocycles. The van der Waals surface area contributed by atoms with Crippen LogP contribution in [0, 0.1) is 5.82 Å². The van der Waals surface area contributed by atoms with Gasteiger partial charge in [0.05, 0.1) is 23.5 Å². The fraction of sp³-hybridized carbons (Fsp3) is 0.407. The SMILES string of the molecule is CCc1cc(O)c(F)cc1-c1ccc2c(-c3nc4c([nH]3)CN(C3CN(CCO)C3C)CC4)n[nH]c2c1. The summed E-state index contributed by atoms with van der Waals surface area (Å²) in [6, 6.07) is 9.76. The lowest BCUT2D eigenvalue weighted by Gasteiger charge is -2.52. The van der Waals surface area contributed by atoms with Crippen LogP contribution in [-0.2, 0) is 19.4 Å². The van der Waals surface area contributed by atoms with Crippen molar-refractivity contribution in [1.29, 1.82) is 0 Å². The highest BCUT2D eigenvalue weighted by Crippen LogP contribution is 2.34. The summed E-state index contributed by atoms with van der Waals surface area (Å²) in [4.78, 5) is 13.2. The van der Waals surface area contributed by atoms with Crippen LogP contribution in [0.5, 0.6) is 5.75 Å². The number of hydrogen-bond acceptors (Lipinski definition) is 6. The van der Waals surface area contributed by atoms with Crippen molar-refractivity contribution in [3.05, 3.63) is 53.1 Å². The zero-order valence-electron chi connectivity index (χ0n) is 20.6. The highest BCUT2D eigenvalue weighted by atomic mass is 19.1. The molecule has 2 aromatic heterocycles. The number of rotatable bonds is 6. The van der Waals surface area contributed by atoms with Crippen LogP contribution in [-0.4, -0.2) is 78.5 Å². The molecule has 36 heavy (non-hydrogen) atoms. The van der Waals surface area contributed by atoms with Gasteiger partial charge in [-0.3, -0.25) is 14.9 Å². The Balaban J connectivity index is 1.26. The molecule has 2 atom stereocenters. The highest BCUT2D eigenvalue weighted by Gasteiger charge is 2.40. The first-order valence-corrected chi connectivity index (χ1v) is 12.6. The smallest absolute Gasteiger partial charge is 0.165 e. The largest absolute Gasteiger partial charge is 0.505 e. The number of phenolic OH excluding ortho intramolecular Hbond substituents is 1. The number of nitrogens with zero attached hydrogens (tertiary/aromatic N) is 4. The number of imidazole rings is 1. The third-order valence-corrected chi connectivity index (χ3v) is 7.92. The summed E-state index contributed by atoms with van der Waals surface area (Å²) in [6.45, 7) is 7.97. The number of aliphatic hydroxyl groups excluding tert-OH is 1. The molecule has 1 saturated heterocycles. The summed E-state index contributed by atoms with van der Waals surface area (Å²) in [6.07, 6.45) is 1.58. The predicted molar refractivity (Wildman–Crippen MR) is 136 cm³/mol. The van der Waals surface area contributed by atoms with Crippen LogP contribution in [0.2, 0.25) is 0 Å². The van der Waals surface area contributed by atoms with Crippen LogP contribution in [0.3, 0.4) is 0 Å². The van der Waals surface area contributed by atoms with Gasteiger partial charge >= 0.3 is 0 Å². The molecule has 0 radical (unpaired) electrons. The Bertz CT molecular complexity index is 1430. The second-order valence-corrected chi connectivity index (χ2v) is 9.90. The Morgan fingerprint density at radius 3 is 2.86 bits per heavy atom. The van der Waals surface area contributed by atoms with Crippen molar-refractivity contribution in [3.63, 3.8) is 0 Å². The maximum absolute atomic E-state index is 14.1. The van der Waals surface area contributed by atoms with E-state index in [1.165, 1.54) is 12.1 Å². The number of aromatic hydroxyl groups is 1. The summed E-state index contributed by atoms with van der Waals surface area (Å²) >= 11 is 0. The number of aryl methyl sites for hydroxylation is 1. The first-order chi connectivity index (χ1) is 17.5. The molecule has 0 bridgehead atoms. The van der Waals surface area contributed by atoms with Crippen molar-refractivity contribution < 1.29 is 14.6 Å². The molecule has 2 aliphatic rings. The van der Waals surface area contributed by atoms with Gasteiger partial charge in [-0.2, -0.15) is 5.10 Å². The number of likely N-dealkylation sites (tertiary alicyclic amines) is 1. The van der Waals surface area contributed by atoms with Crippen LogP contribution in [0.25, 0.3) is 33.5 Å². The van der Waals surface area contributed by atoms with Gasteiger partial charge in [0, 0.05) is 50.1 Å². The molecule has 9 heteroatoms. The highest BCUT2D eigenvalue weighted by molar-refractivity contribution is 5.94. The van der Waals surface area contributed by atoms with Crippen LogP contribution in [0.1, 0.15) is 30.8 Å². The van der Waals surface area contributed by atoms with Crippen molar-refractivity contribution >= 4 is 10.9 Å². The Morgan fingerprint density at radius 1 is 1.22 bits per heavy atom. The third-order valence-electron chi connectivity index (χ3n) is 7.92. The second kappa shape index (κ2) is 8.99. The molecule has 188 valence electrons. The number of phenols is 1. The fourth-order valence-electron chi connectivity index (χ4n) is 5.75. The van der Waals surface area contributed by atoms with E-state index in [1.807, 2.05) is 25.1 Å². The number of aromatic amines is 2. The van der Waals surface area contributed by atoms with E-state index in [2.05, 4.69) is 31.9 Å². The average molecular weight is 491 g/mol. The molecule has 4 heterocycles. The quantitative estimate of drug-likeness (QED) is 0.330. The second-order valence-electron chi connectivity index (χ2n) is 9.90. The molecule has 4 aromatic rings. The van der Waals surface area contributed by atoms with Crippen molar-refractivity contribution in [2.45, 2.75) is 45.3 Å². The van der Waals surface area contributed by atoms with Gasteiger partial charge in [0.1, 0.15) is 5.69 Å². The van der Waals surface area contributed by atoms with E-state index < -0.39 is 5.82 Å². The van der Waals surface area contributed by atoms with Crippen LogP contribution in [0.15, 0.2) is 30.3 Å². The molecule has 2 unspecified atom stereocenters. The molecule has 0 spiro atoms. The molecule has 0 aliphatic carbocycles. The molecule has 8 nitrogen and oxygen atoms in total. The third kappa shape index (κ3) is 3.78. The Labute approximate surface area is 208 Å². The van der Waals surface area contributed by atoms with Crippen LogP contribution < -0.4 is 0 Å². The van der Waals surface area contributed by atoms with E-state index in [4.69, 9.17) is 4.98 Å². The number of aliphatic hydroxyl groups is 1. The van der Waals surface area contributed by atoms with Crippen molar-refractivity contribution in [2.75, 3.05) is 26.2 Å². The number of benzene rings is 2. The molecule has 0 amide bonds. The number of H-pyrrole nitrogens is 2. The zero-order chi connectivity index (χ0) is 25.0. The molecule has 4 N–H and O–H groups in total. The van der Waals surface area contributed by atoms with E-state index in [0.717, 1.165) is 83.1 Å². The zero-order valence-corrected chi connectivity index (χ0v) is 20.6. The number of fused-ring (bicyclic) bond motifs is 2.